The highest BCUT2D eigenvalue weighted by atomic mass is 35.5. The molecule has 7 nitrogen and oxygen atoms in total. The minimum atomic E-state index is -3.80. The molecule has 0 spiro atoms. The quantitative estimate of drug-likeness (QED) is 0.428. The lowest BCUT2D eigenvalue weighted by Crippen LogP contribution is -2.13. The average Bonchev–Trinajstić information content (AvgIpc) is 3.17. The average molecular weight is 462 g/mol. The van der Waals surface area contributed by atoms with E-state index >= 15 is 0 Å². The number of primary sulfonamides is 1. The zero-order chi connectivity index (χ0) is 21.9. The Hall–Kier alpha value is -3.09. The van der Waals surface area contributed by atoms with Gasteiger partial charge < -0.3 is 9.73 Å². The summed E-state index contributed by atoms with van der Waals surface area (Å²) < 4.78 is 28.3. The van der Waals surface area contributed by atoms with Crippen LogP contribution in [0.2, 0.25) is 10.0 Å². The maximum absolute atomic E-state index is 12.4. The highest BCUT2D eigenvalue weighted by molar-refractivity contribution is 7.89. The number of nitrogens with one attached hydrogen (secondary N) is 1. The van der Waals surface area contributed by atoms with Gasteiger partial charge in [0, 0.05) is 16.7 Å². The van der Waals surface area contributed by atoms with E-state index in [1.807, 2.05) is 6.07 Å². The molecule has 0 radical (unpaired) electrons. The topological polar surface area (TPSA) is 126 Å². The van der Waals surface area contributed by atoms with E-state index in [1.165, 1.54) is 42.5 Å². The van der Waals surface area contributed by atoms with Crippen LogP contribution in [0.25, 0.3) is 17.4 Å². The van der Waals surface area contributed by atoms with Crippen LogP contribution >= 0.6 is 23.2 Å². The fourth-order valence-electron chi connectivity index (χ4n) is 2.47. The van der Waals surface area contributed by atoms with Crippen LogP contribution in [0.5, 0.6) is 0 Å². The predicted octanol–water partition coefficient (Wildman–Crippen LogP) is 4.45. The van der Waals surface area contributed by atoms with Gasteiger partial charge in [-0.25, -0.2) is 13.6 Å². The molecule has 3 rings (SSSR count). The number of halogens is 2. The molecular weight excluding hydrogens is 449 g/mol. The molecule has 0 aliphatic carbocycles. The van der Waals surface area contributed by atoms with Crippen molar-refractivity contribution in [2.45, 2.75) is 4.90 Å². The molecule has 1 heterocycles. The van der Waals surface area contributed by atoms with E-state index in [1.54, 1.807) is 18.2 Å². The highest BCUT2D eigenvalue weighted by Gasteiger charge is 2.14. The number of rotatable bonds is 5. The number of carbonyl (C=O) groups excluding carboxylic acids is 1. The van der Waals surface area contributed by atoms with Crippen LogP contribution in [0.1, 0.15) is 5.76 Å². The molecule has 2 aromatic carbocycles. The smallest absolute Gasteiger partial charge is 0.266 e. The van der Waals surface area contributed by atoms with E-state index in [4.69, 9.17) is 32.8 Å². The molecule has 0 saturated heterocycles. The molecule has 0 bridgehead atoms. The summed E-state index contributed by atoms with van der Waals surface area (Å²) in [6.07, 6.45) is 1.27. The van der Waals surface area contributed by atoms with Crippen LogP contribution in [0.4, 0.5) is 5.69 Å². The molecule has 0 fully saturated rings. The molecule has 1 aromatic heterocycles. The predicted molar refractivity (Wildman–Crippen MR) is 114 cm³/mol. The Balaban J connectivity index is 1.82. The SMILES string of the molecule is N#C/C(=C\c1ccc(-c2ccc(S(N)(=O)=O)cc2)o1)C(=O)Nc1cc(Cl)ccc1Cl. The Kier molecular flexibility index (Phi) is 6.29. The van der Waals surface area contributed by atoms with Gasteiger partial charge in [-0.1, -0.05) is 23.2 Å². The molecule has 1 amide bonds. The maximum Gasteiger partial charge on any atom is 0.266 e. The van der Waals surface area contributed by atoms with Gasteiger partial charge in [0.25, 0.3) is 5.91 Å². The number of benzene rings is 2. The van der Waals surface area contributed by atoms with Gasteiger partial charge in [-0.3, -0.25) is 4.79 Å². The van der Waals surface area contributed by atoms with Crippen molar-refractivity contribution in [3.05, 3.63) is 76.0 Å². The minimum absolute atomic E-state index is 0.0268. The number of hydrogen-bond acceptors (Lipinski definition) is 5. The molecule has 3 N–H and O–H groups in total. The van der Waals surface area contributed by atoms with Crippen molar-refractivity contribution in [3.8, 4) is 17.4 Å². The van der Waals surface area contributed by atoms with Crippen LogP contribution in [0.3, 0.4) is 0 Å². The van der Waals surface area contributed by atoms with Crippen molar-refractivity contribution in [3.63, 3.8) is 0 Å². The van der Waals surface area contributed by atoms with Gasteiger partial charge in [0.1, 0.15) is 23.2 Å². The summed E-state index contributed by atoms with van der Waals surface area (Å²) in [4.78, 5) is 12.4. The molecule has 3 aromatic rings. The van der Waals surface area contributed by atoms with Crippen LogP contribution < -0.4 is 10.5 Å². The second-order valence-corrected chi connectivity index (χ2v) is 8.42. The number of furan rings is 1. The van der Waals surface area contributed by atoms with Crippen molar-refractivity contribution < 1.29 is 17.6 Å². The van der Waals surface area contributed by atoms with Gasteiger partial charge in [0.05, 0.1) is 15.6 Å². The summed E-state index contributed by atoms with van der Waals surface area (Å²) in [5.41, 5.74) is 0.651. The largest absolute Gasteiger partial charge is 0.457 e. The molecule has 0 unspecified atom stereocenters. The zero-order valence-corrected chi connectivity index (χ0v) is 17.4. The molecule has 30 heavy (non-hydrogen) atoms. The summed E-state index contributed by atoms with van der Waals surface area (Å²) in [6.45, 7) is 0. The fourth-order valence-corrected chi connectivity index (χ4v) is 3.32. The van der Waals surface area contributed by atoms with Gasteiger partial charge in [-0.15, -0.1) is 0 Å². The lowest BCUT2D eigenvalue weighted by atomic mass is 10.2. The lowest BCUT2D eigenvalue weighted by molar-refractivity contribution is -0.112. The Labute approximate surface area is 182 Å². The first kappa shape index (κ1) is 21.6. The molecular formula is C20H13Cl2N3O4S. The summed E-state index contributed by atoms with van der Waals surface area (Å²) in [5, 5.41) is 17.6. The monoisotopic (exact) mass is 461 g/mol. The standard InChI is InChI=1S/C20H13Cl2N3O4S/c21-14-3-7-17(22)18(10-14)25-20(26)13(11-23)9-15-4-8-19(29-15)12-1-5-16(6-2-12)30(24,27)28/h1-10H,(H,25,26)(H2,24,27,28)/b13-9+. The molecule has 0 saturated carbocycles. The fraction of sp³-hybridized carbons (Fsp3) is 0. The minimum Gasteiger partial charge on any atom is -0.457 e. The number of nitrogens with two attached hydrogens (primary N) is 1. The van der Waals surface area contributed by atoms with Crippen molar-refractivity contribution in [2.24, 2.45) is 5.14 Å². The lowest BCUT2D eigenvalue weighted by Gasteiger charge is -2.06. The zero-order valence-electron chi connectivity index (χ0n) is 15.1. The summed E-state index contributed by atoms with van der Waals surface area (Å²) in [6, 6.07) is 15.3. The van der Waals surface area contributed by atoms with E-state index in [9.17, 15) is 18.5 Å². The van der Waals surface area contributed by atoms with Gasteiger partial charge in [-0.2, -0.15) is 5.26 Å². The number of anilines is 1. The summed E-state index contributed by atoms with van der Waals surface area (Å²) in [7, 11) is -3.80. The van der Waals surface area contributed by atoms with E-state index < -0.39 is 15.9 Å². The Morgan fingerprint density at radius 2 is 1.80 bits per heavy atom. The second-order valence-electron chi connectivity index (χ2n) is 6.02. The van der Waals surface area contributed by atoms with E-state index in [2.05, 4.69) is 5.32 Å². The van der Waals surface area contributed by atoms with Crippen molar-refractivity contribution in [1.29, 1.82) is 5.26 Å². The first-order valence-corrected chi connectivity index (χ1v) is 10.6. The summed E-state index contributed by atoms with van der Waals surface area (Å²) >= 11 is 11.9. The first-order chi connectivity index (χ1) is 14.2. The van der Waals surface area contributed by atoms with Crippen molar-refractivity contribution in [1.82, 2.24) is 0 Å². The van der Waals surface area contributed by atoms with Gasteiger partial charge >= 0.3 is 0 Å². The van der Waals surface area contributed by atoms with E-state index in [-0.39, 0.29) is 26.9 Å². The third-order valence-corrected chi connectivity index (χ3v) is 5.42. The molecule has 152 valence electrons. The van der Waals surface area contributed by atoms with Gasteiger partial charge in [0.2, 0.25) is 10.0 Å². The van der Waals surface area contributed by atoms with Crippen LogP contribution in [-0.2, 0) is 14.8 Å². The number of amides is 1. The second kappa shape index (κ2) is 8.73. The third-order valence-electron chi connectivity index (χ3n) is 3.92. The van der Waals surface area contributed by atoms with Crippen molar-refractivity contribution in [2.75, 3.05) is 5.32 Å². The third kappa shape index (κ3) is 5.09. The van der Waals surface area contributed by atoms with Gasteiger partial charge in [-0.05, 0) is 54.6 Å². The first-order valence-electron chi connectivity index (χ1n) is 8.28. The summed E-state index contributed by atoms with van der Waals surface area (Å²) in [5.74, 6) is -0.0145. The number of carbonyl (C=O) groups is 1. The van der Waals surface area contributed by atoms with Crippen molar-refractivity contribution >= 4 is 50.9 Å². The molecule has 10 heteroatoms. The Morgan fingerprint density at radius 1 is 1.10 bits per heavy atom. The maximum atomic E-state index is 12.4. The van der Waals surface area contributed by atoms with Gasteiger partial charge in [0.15, 0.2) is 0 Å². The molecule has 0 atom stereocenters. The number of nitriles is 1. The molecule has 0 aliphatic rings. The van der Waals surface area contributed by atoms with Crippen LogP contribution in [0.15, 0.2) is 69.5 Å². The van der Waals surface area contributed by atoms with Crippen LogP contribution in [-0.4, -0.2) is 14.3 Å². The number of hydrogen-bond donors (Lipinski definition) is 2. The highest BCUT2D eigenvalue weighted by Crippen LogP contribution is 2.27. The number of nitrogens with zero attached hydrogens (tertiary/aromatic N) is 1. The van der Waals surface area contributed by atoms with E-state index in [0.29, 0.717) is 16.3 Å². The van der Waals surface area contributed by atoms with E-state index in [0.717, 1.165) is 0 Å². The van der Waals surface area contributed by atoms with Crippen LogP contribution in [0, 0.1) is 11.3 Å². The molecule has 0 aliphatic heterocycles. The normalized spacial score (nSPS) is 11.7. The Morgan fingerprint density at radius 3 is 2.43 bits per heavy atom. The Bertz CT molecular complexity index is 1290. The number of sulfonamides is 1.